The Morgan fingerprint density at radius 3 is 2.60 bits per heavy atom. The number of hydrogen-bond donors (Lipinski definition) is 1. The number of carbonyl (C=O) groups is 1. The van der Waals surface area contributed by atoms with Gasteiger partial charge in [0.15, 0.2) is 0 Å². The second-order valence-corrected chi connectivity index (χ2v) is 5.21. The summed E-state index contributed by atoms with van der Waals surface area (Å²) in [6, 6.07) is 16.5. The van der Waals surface area contributed by atoms with E-state index in [1.807, 2.05) is 30.3 Å². The number of nitrogens with zero attached hydrogens (tertiary/aromatic N) is 1. The third-order valence-corrected chi connectivity index (χ3v) is 3.51. The number of ether oxygens (including phenoxy) is 1. The van der Waals surface area contributed by atoms with Gasteiger partial charge in [0, 0.05) is 11.3 Å². The van der Waals surface area contributed by atoms with E-state index in [0.29, 0.717) is 17.0 Å². The molecule has 0 fully saturated rings. The SMILES string of the molecule is C#CCOc1ccccc1/C=C(\C#N)C(=O)Nc1ccc(CC)cc1. The number of terminal acetylenes is 1. The van der Waals surface area contributed by atoms with E-state index in [1.54, 1.807) is 24.3 Å². The number of amides is 1. The second-order valence-electron chi connectivity index (χ2n) is 5.21. The van der Waals surface area contributed by atoms with Crippen molar-refractivity contribution in [3.63, 3.8) is 0 Å². The van der Waals surface area contributed by atoms with E-state index in [1.165, 1.54) is 11.6 Å². The monoisotopic (exact) mass is 330 g/mol. The zero-order valence-electron chi connectivity index (χ0n) is 14.0. The van der Waals surface area contributed by atoms with Gasteiger partial charge in [-0.3, -0.25) is 4.79 Å². The summed E-state index contributed by atoms with van der Waals surface area (Å²) in [6.45, 7) is 2.17. The molecule has 4 nitrogen and oxygen atoms in total. The van der Waals surface area contributed by atoms with Crippen molar-refractivity contribution in [3.8, 4) is 24.2 Å². The second kappa shape index (κ2) is 8.96. The van der Waals surface area contributed by atoms with Crippen molar-refractivity contribution in [2.24, 2.45) is 0 Å². The fourth-order valence-electron chi connectivity index (χ4n) is 2.18. The van der Waals surface area contributed by atoms with Gasteiger partial charge in [0.2, 0.25) is 0 Å². The Bertz CT molecular complexity index is 853. The lowest BCUT2D eigenvalue weighted by Crippen LogP contribution is -2.13. The molecular formula is C21H18N2O2. The summed E-state index contributed by atoms with van der Waals surface area (Å²) in [6.07, 6.45) is 7.61. The lowest BCUT2D eigenvalue weighted by Gasteiger charge is -2.08. The van der Waals surface area contributed by atoms with E-state index in [0.717, 1.165) is 6.42 Å². The maximum atomic E-state index is 12.4. The number of aryl methyl sites for hydroxylation is 1. The van der Waals surface area contributed by atoms with Crippen molar-refractivity contribution < 1.29 is 9.53 Å². The van der Waals surface area contributed by atoms with Gasteiger partial charge in [-0.05, 0) is 36.3 Å². The van der Waals surface area contributed by atoms with Crippen LogP contribution in [0.1, 0.15) is 18.1 Å². The average molecular weight is 330 g/mol. The number of nitrogens with one attached hydrogen (secondary N) is 1. The van der Waals surface area contributed by atoms with Crippen LogP contribution >= 0.6 is 0 Å². The van der Waals surface area contributed by atoms with Crippen LogP contribution in [0.2, 0.25) is 0 Å². The van der Waals surface area contributed by atoms with Crippen molar-refractivity contribution in [2.45, 2.75) is 13.3 Å². The van der Waals surface area contributed by atoms with Crippen LogP contribution in [-0.4, -0.2) is 12.5 Å². The minimum Gasteiger partial charge on any atom is -0.480 e. The van der Waals surface area contributed by atoms with Crippen LogP contribution in [0.25, 0.3) is 6.08 Å². The van der Waals surface area contributed by atoms with Crippen molar-refractivity contribution in [1.82, 2.24) is 0 Å². The average Bonchev–Trinajstić information content (AvgIpc) is 2.65. The van der Waals surface area contributed by atoms with Crippen LogP contribution in [0, 0.1) is 23.7 Å². The summed E-state index contributed by atoms with van der Waals surface area (Å²) in [7, 11) is 0. The first-order valence-corrected chi connectivity index (χ1v) is 7.85. The van der Waals surface area contributed by atoms with Crippen LogP contribution in [0.15, 0.2) is 54.1 Å². The van der Waals surface area contributed by atoms with E-state index in [9.17, 15) is 10.1 Å². The molecule has 0 radical (unpaired) electrons. The first-order chi connectivity index (χ1) is 12.2. The quantitative estimate of drug-likeness (QED) is 0.498. The summed E-state index contributed by atoms with van der Waals surface area (Å²) in [5, 5.41) is 12.1. The molecule has 25 heavy (non-hydrogen) atoms. The van der Waals surface area contributed by atoms with E-state index >= 15 is 0 Å². The standard InChI is InChI=1S/C21H18N2O2/c1-3-13-25-20-8-6-5-7-17(20)14-18(15-22)21(24)23-19-11-9-16(4-2)10-12-19/h1,5-12,14H,4,13H2,2H3,(H,23,24)/b18-14+. The number of hydrogen-bond acceptors (Lipinski definition) is 3. The van der Waals surface area contributed by atoms with Crippen LogP contribution in [0.5, 0.6) is 5.75 Å². The van der Waals surface area contributed by atoms with Crippen LogP contribution in [0.4, 0.5) is 5.69 Å². The van der Waals surface area contributed by atoms with Gasteiger partial charge in [-0.25, -0.2) is 0 Å². The molecule has 0 saturated heterocycles. The van der Waals surface area contributed by atoms with Gasteiger partial charge in [0.25, 0.3) is 5.91 Å². The Balaban J connectivity index is 2.21. The number of anilines is 1. The molecule has 0 spiro atoms. The molecule has 2 aromatic rings. The summed E-state index contributed by atoms with van der Waals surface area (Å²) in [4.78, 5) is 12.4. The lowest BCUT2D eigenvalue weighted by atomic mass is 10.1. The Labute approximate surface area is 147 Å². The highest BCUT2D eigenvalue weighted by atomic mass is 16.5. The smallest absolute Gasteiger partial charge is 0.266 e. The van der Waals surface area contributed by atoms with Gasteiger partial charge in [-0.2, -0.15) is 5.26 Å². The zero-order valence-corrected chi connectivity index (χ0v) is 14.0. The largest absolute Gasteiger partial charge is 0.480 e. The number of rotatable bonds is 6. The minimum absolute atomic E-state index is 0.0173. The highest BCUT2D eigenvalue weighted by molar-refractivity contribution is 6.09. The highest BCUT2D eigenvalue weighted by Crippen LogP contribution is 2.21. The molecule has 0 unspecified atom stereocenters. The van der Waals surface area contributed by atoms with Gasteiger partial charge >= 0.3 is 0 Å². The molecular weight excluding hydrogens is 312 g/mol. The first-order valence-electron chi connectivity index (χ1n) is 7.85. The maximum absolute atomic E-state index is 12.4. The number of carbonyl (C=O) groups excluding carboxylic acids is 1. The molecule has 0 saturated carbocycles. The van der Waals surface area contributed by atoms with Crippen LogP contribution in [0.3, 0.4) is 0 Å². The molecule has 0 aliphatic heterocycles. The zero-order chi connectivity index (χ0) is 18.1. The Kier molecular flexibility index (Phi) is 6.39. The molecule has 0 atom stereocenters. The first kappa shape index (κ1) is 17.8. The normalized spacial score (nSPS) is 10.4. The minimum atomic E-state index is -0.474. The van der Waals surface area contributed by atoms with Gasteiger partial charge in [-0.1, -0.05) is 43.2 Å². The predicted molar refractivity (Wildman–Crippen MR) is 98.8 cm³/mol. The van der Waals surface area contributed by atoms with E-state index < -0.39 is 5.91 Å². The third kappa shape index (κ3) is 4.99. The number of para-hydroxylation sites is 1. The van der Waals surface area contributed by atoms with Gasteiger partial charge in [0.05, 0.1) is 0 Å². The molecule has 0 bridgehead atoms. The lowest BCUT2D eigenvalue weighted by molar-refractivity contribution is -0.112. The molecule has 2 aromatic carbocycles. The predicted octanol–water partition coefficient (Wildman–Crippen LogP) is 3.81. The van der Waals surface area contributed by atoms with Crippen molar-refractivity contribution in [3.05, 3.63) is 65.2 Å². The van der Waals surface area contributed by atoms with E-state index in [2.05, 4.69) is 18.2 Å². The molecule has 0 heterocycles. The Hall–Kier alpha value is -3.50. The summed E-state index contributed by atoms with van der Waals surface area (Å²) < 4.78 is 5.43. The van der Waals surface area contributed by atoms with Gasteiger partial charge in [0.1, 0.15) is 24.0 Å². The Morgan fingerprint density at radius 2 is 1.96 bits per heavy atom. The number of benzene rings is 2. The fraction of sp³-hybridized carbons (Fsp3) is 0.143. The van der Waals surface area contributed by atoms with Crippen molar-refractivity contribution in [2.75, 3.05) is 11.9 Å². The van der Waals surface area contributed by atoms with Gasteiger partial charge in [-0.15, -0.1) is 6.42 Å². The molecule has 1 amide bonds. The molecule has 0 aliphatic carbocycles. The van der Waals surface area contributed by atoms with Gasteiger partial charge < -0.3 is 10.1 Å². The summed E-state index contributed by atoms with van der Waals surface area (Å²) in [5.41, 5.74) is 2.41. The molecule has 0 aliphatic rings. The van der Waals surface area contributed by atoms with E-state index in [4.69, 9.17) is 11.2 Å². The van der Waals surface area contributed by atoms with Crippen molar-refractivity contribution in [1.29, 1.82) is 5.26 Å². The van der Waals surface area contributed by atoms with Crippen LogP contribution in [-0.2, 0) is 11.2 Å². The van der Waals surface area contributed by atoms with Crippen molar-refractivity contribution >= 4 is 17.7 Å². The molecule has 4 heteroatoms. The van der Waals surface area contributed by atoms with E-state index in [-0.39, 0.29) is 12.2 Å². The maximum Gasteiger partial charge on any atom is 0.266 e. The highest BCUT2D eigenvalue weighted by Gasteiger charge is 2.11. The third-order valence-electron chi connectivity index (χ3n) is 3.51. The molecule has 1 N–H and O–H groups in total. The summed E-state index contributed by atoms with van der Waals surface area (Å²) >= 11 is 0. The fourth-order valence-corrected chi connectivity index (χ4v) is 2.18. The summed E-state index contributed by atoms with van der Waals surface area (Å²) in [5.74, 6) is 2.44. The Morgan fingerprint density at radius 1 is 1.24 bits per heavy atom. The molecule has 0 aromatic heterocycles. The molecule has 124 valence electrons. The topological polar surface area (TPSA) is 62.1 Å². The molecule has 2 rings (SSSR count). The number of nitriles is 1. The van der Waals surface area contributed by atoms with Crippen LogP contribution < -0.4 is 10.1 Å².